The largest absolute Gasteiger partial charge is 0.338 e. The lowest BCUT2D eigenvalue weighted by Gasteiger charge is -2.26. The number of nitrogens with zero attached hydrogens (tertiary/aromatic N) is 1. The van der Waals surface area contributed by atoms with Gasteiger partial charge in [-0.1, -0.05) is 6.07 Å². The summed E-state index contributed by atoms with van der Waals surface area (Å²) in [5.74, 6) is 0.897. The summed E-state index contributed by atoms with van der Waals surface area (Å²) in [6.45, 7) is 5.78. The van der Waals surface area contributed by atoms with Gasteiger partial charge in [0, 0.05) is 17.8 Å². The van der Waals surface area contributed by atoms with Crippen LogP contribution in [-0.4, -0.2) is 30.4 Å². The monoisotopic (exact) mass is 302 g/mol. The highest BCUT2D eigenvalue weighted by molar-refractivity contribution is 7.09. The predicted molar refractivity (Wildman–Crippen MR) is 82.9 cm³/mol. The molecule has 1 aromatic rings. The minimum atomic E-state index is 0. The number of nitrogens with one attached hydrogen (secondary N) is 1. The topological polar surface area (TPSA) is 32.3 Å². The van der Waals surface area contributed by atoms with E-state index in [2.05, 4.69) is 23.7 Å². The van der Waals surface area contributed by atoms with Crippen molar-refractivity contribution in [3.63, 3.8) is 0 Å². The highest BCUT2D eigenvalue weighted by Crippen LogP contribution is 2.19. The minimum absolute atomic E-state index is 0. The van der Waals surface area contributed by atoms with Crippen LogP contribution in [0.4, 0.5) is 0 Å². The molecule has 1 N–H and O–H groups in total. The molecular formula is C14H23ClN2OS. The average Bonchev–Trinajstić information content (AvgIpc) is 2.90. The Morgan fingerprint density at radius 2 is 2.21 bits per heavy atom. The van der Waals surface area contributed by atoms with Crippen LogP contribution in [0, 0.1) is 5.92 Å². The fourth-order valence-electron chi connectivity index (χ4n) is 2.43. The fraction of sp³-hybridized carbons (Fsp3) is 0.643. The van der Waals surface area contributed by atoms with E-state index in [1.807, 2.05) is 11.0 Å². The van der Waals surface area contributed by atoms with Gasteiger partial charge >= 0.3 is 0 Å². The molecule has 1 aromatic heterocycles. The third-order valence-electron chi connectivity index (χ3n) is 3.58. The number of rotatable bonds is 5. The number of thiophene rings is 1. The highest BCUT2D eigenvalue weighted by atomic mass is 35.5. The van der Waals surface area contributed by atoms with Gasteiger partial charge in [-0.05, 0) is 50.2 Å². The molecule has 1 amide bonds. The highest BCUT2D eigenvalue weighted by Gasteiger charge is 2.20. The molecule has 0 bridgehead atoms. The molecule has 3 nitrogen and oxygen atoms in total. The predicted octanol–water partition coefficient (Wildman–Crippen LogP) is 2.91. The van der Waals surface area contributed by atoms with Crippen molar-refractivity contribution in [1.82, 2.24) is 10.2 Å². The van der Waals surface area contributed by atoms with Crippen LogP contribution in [0.15, 0.2) is 17.5 Å². The zero-order chi connectivity index (χ0) is 12.8. The smallest absolute Gasteiger partial charge is 0.223 e. The summed E-state index contributed by atoms with van der Waals surface area (Å²) in [6, 6.07) is 4.15. The van der Waals surface area contributed by atoms with Crippen LogP contribution in [0.25, 0.3) is 0 Å². The van der Waals surface area contributed by atoms with Crippen molar-refractivity contribution in [2.45, 2.75) is 32.7 Å². The van der Waals surface area contributed by atoms with Gasteiger partial charge in [-0.3, -0.25) is 4.79 Å². The summed E-state index contributed by atoms with van der Waals surface area (Å²) in [5, 5.41) is 5.41. The van der Waals surface area contributed by atoms with Gasteiger partial charge in [-0.25, -0.2) is 0 Å². The number of piperidine rings is 1. The molecule has 5 heteroatoms. The summed E-state index contributed by atoms with van der Waals surface area (Å²) in [7, 11) is 0. The zero-order valence-electron chi connectivity index (χ0n) is 11.4. The second kappa shape index (κ2) is 8.56. The number of halogens is 1. The molecule has 0 atom stereocenters. The molecule has 0 aliphatic carbocycles. The third-order valence-corrected chi connectivity index (χ3v) is 4.44. The molecule has 0 unspecified atom stereocenters. The lowest BCUT2D eigenvalue weighted by Crippen LogP contribution is -2.34. The molecule has 0 spiro atoms. The van der Waals surface area contributed by atoms with E-state index in [0.29, 0.717) is 11.8 Å². The Morgan fingerprint density at radius 1 is 1.47 bits per heavy atom. The van der Waals surface area contributed by atoms with Crippen molar-refractivity contribution in [1.29, 1.82) is 0 Å². The van der Waals surface area contributed by atoms with Crippen molar-refractivity contribution in [3.8, 4) is 0 Å². The van der Waals surface area contributed by atoms with E-state index in [0.717, 1.165) is 45.4 Å². The quantitative estimate of drug-likeness (QED) is 0.907. The molecular weight excluding hydrogens is 280 g/mol. The first-order valence-electron chi connectivity index (χ1n) is 6.80. The Hall–Kier alpha value is -0.580. The van der Waals surface area contributed by atoms with E-state index in [-0.39, 0.29) is 12.4 Å². The Kier molecular flexibility index (Phi) is 7.42. The number of carbonyl (C=O) groups excluding carboxylic acids is 1. The van der Waals surface area contributed by atoms with Gasteiger partial charge in [0.1, 0.15) is 0 Å². The van der Waals surface area contributed by atoms with Crippen molar-refractivity contribution in [2.75, 3.05) is 19.6 Å². The normalized spacial score (nSPS) is 15.8. The van der Waals surface area contributed by atoms with Crippen LogP contribution in [-0.2, 0) is 11.3 Å². The Labute approximate surface area is 125 Å². The maximum Gasteiger partial charge on any atom is 0.223 e. The average molecular weight is 303 g/mol. The molecule has 1 aliphatic heterocycles. The maximum atomic E-state index is 12.3. The summed E-state index contributed by atoms with van der Waals surface area (Å²) in [5.41, 5.74) is 0. The van der Waals surface area contributed by atoms with Gasteiger partial charge in [-0.15, -0.1) is 23.7 Å². The van der Waals surface area contributed by atoms with Crippen LogP contribution in [0.2, 0.25) is 0 Å². The van der Waals surface area contributed by atoms with E-state index >= 15 is 0 Å². The van der Waals surface area contributed by atoms with Gasteiger partial charge in [0.05, 0.1) is 6.54 Å². The summed E-state index contributed by atoms with van der Waals surface area (Å²) in [6.07, 6.45) is 3.01. The first-order chi connectivity index (χ1) is 8.79. The maximum absolute atomic E-state index is 12.3. The molecule has 108 valence electrons. The third kappa shape index (κ3) is 5.13. The van der Waals surface area contributed by atoms with Crippen molar-refractivity contribution in [2.24, 2.45) is 5.92 Å². The van der Waals surface area contributed by atoms with E-state index in [1.165, 1.54) is 4.88 Å². The summed E-state index contributed by atoms with van der Waals surface area (Å²) in [4.78, 5) is 15.5. The van der Waals surface area contributed by atoms with E-state index in [4.69, 9.17) is 0 Å². The SMILES string of the molecule is CCN(Cc1cccs1)C(=O)CC1CCNCC1.Cl. The molecule has 19 heavy (non-hydrogen) atoms. The van der Waals surface area contributed by atoms with E-state index in [9.17, 15) is 4.79 Å². The van der Waals surface area contributed by atoms with E-state index in [1.54, 1.807) is 11.3 Å². The number of hydrogen-bond donors (Lipinski definition) is 1. The van der Waals surface area contributed by atoms with Crippen LogP contribution < -0.4 is 5.32 Å². The lowest BCUT2D eigenvalue weighted by molar-refractivity contribution is -0.132. The molecule has 1 fully saturated rings. The van der Waals surface area contributed by atoms with Gasteiger partial charge in [0.25, 0.3) is 0 Å². The molecule has 0 radical (unpaired) electrons. The molecule has 2 heterocycles. The summed E-state index contributed by atoms with van der Waals surface area (Å²) < 4.78 is 0. The first-order valence-corrected chi connectivity index (χ1v) is 7.68. The zero-order valence-corrected chi connectivity index (χ0v) is 13.1. The Balaban J connectivity index is 0.00000180. The summed E-state index contributed by atoms with van der Waals surface area (Å²) >= 11 is 1.73. The van der Waals surface area contributed by atoms with Crippen LogP contribution in [0.5, 0.6) is 0 Å². The number of amides is 1. The Bertz CT molecular complexity index is 364. The second-order valence-corrected chi connectivity index (χ2v) is 5.92. The molecule has 2 rings (SSSR count). The molecule has 0 aromatic carbocycles. The van der Waals surface area contributed by atoms with Gasteiger partial charge in [0.2, 0.25) is 5.91 Å². The second-order valence-electron chi connectivity index (χ2n) is 4.88. The molecule has 1 aliphatic rings. The fourth-order valence-corrected chi connectivity index (χ4v) is 3.15. The van der Waals surface area contributed by atoms with Crippen LogP contribution in [0.1, 0.15) is 31.1 Å². The molecule has 1 saturated heterocycles. The van der Waals surface area contributed by atoms with Crippen molar-refractivity contribution in [3.05, 3.63) is 22.4 Å². The van der Waals surface area contributed by atoms with Gasteiger partial charge in [0.15, 0.2) is 0 Å². The van der Waals surface area contributed by atoms with Gasteiger partial charge < -0.3 is 10.2 Å². The number of carbonyl (C=O) groups is 1. The van der Waals surface area contributed by atoms with Crippen LogP contribution >= 0.6 is 23.7 Å². The van der Waals surface area contributed by atoms with Crippen molar-refractivity contribution < 1.29 is 4.79 Å². The Morgan fingerprint density at radius 3 is 2.79 bits per heavy atom. The van der Waals surface area contributed by atoms with Crippen LogP contribution in [0.3, 0.4) is 0 Å². The standard InChI is InChI=1S/C14H22N2OS.ClH/c1-2-16(11-13-4-3-9-18-13)14(17)10-12-5-7-15-8-6-12;/h3-4,9,12,15H,2,5-8,10-11H2,1H3;1H. The number of hydrogen-bond acceptors (Lipinski definition) is 3. The van der Waals surface area contributed by atoms with E-state index < -0.39 is 0 Å². The van der Waals surface area contributed by atoms with Gasteiger partial charge in [-0.2, -0.15) is 0 Å². The molecule has 0 saturated carbocycles. The first kappa shape index (κ1) is 16.5. The minimum Gasteiger partial charge on any atom is -0.338 e. The lowest BCUT2D eigenvalue weighted by atomic mass is 9.94. The van der Waals surface area contributed by atoms with Crippen molar-refractivity contribution >= 4 is 29.7 Å².